The van der Waals surface area contributed by atoms with E-state index in [2.05, 4.69) is 20.3 Å². The standard InChI is InChI=1S/C14H16N4O2S/c1-14(2,3)20-13(19)18-12-17-10(9-21-12)5-6-11-15-7-4-8-16-11/h4-9H,1-3H3,(H,17,18,19). The minimum Gasteiger partial charge on any atom is -0.444 e. The number of nitrogens with one attached hydrogen (secondary N) is 1. The van der Waals surface area contributed by atoms with Gasteiger partial charge in [-0.05, 0) is 39.0 Å². The molecule has 1 amide bonds. The van der Waals surface area contributed by atoms with Crippen LogP contribution < -0.4 is 5.32 Å². The molecule has 0 saturated carbocycles. The van der Waals surface area contributed by atoms with Crippen molar-refractivity contribution in [2.75, 3.05) is 5.32 Å². The Kier molecular flexibility index (Phi) is 4.64. The first-order chi connectivity index (χ1) is 9.92. The number of nitrogens with zero attached hydrogens (tertiary/aromatic N) is 3. The molecule has 2 aromatic rings. The summed E-state index contributed by atoms with van der Waals surface area (Å²) in [5.41, 5.74) is 0.188. The zero-order valence-electron chi connectivity index (χ0n) is 12.0. The largest absolute Gasteiger partial charge is 0.444 e. The molecule has 21 heavy (non-hydrogen) atoms. The smallest absolute Gasteiger partial charge is 0.413 e. The molecule has 2 rings (SSSR count). The molecule has 0 bridgehead atoms. The summed E-state index contributed by atoms with van der Waals surface area (Å²) >= 11 is 1.32. The molecule has 0 aliphatic carbocycles. The van der Waals surface area contributed by atoms with Crippen LogP contribution in [-0.2, 0) is 4.74 Å². The number of thiazole rings is 1. The van der Waals surface area contributed by atoms with Crippen LogP contribution >= 0.6 is 11.3 Å². The second kappa shape index (κ2) is 6.45. The highest BCUT2D eigenvalue weighted by Crippen LogP contribution is 2.18. The van der Waals surface area contributed by atoms with Gasteiger partial charge < -0.3 is 4.74 Å². The molecule has 7 heteroatoms. The third-order valence-corrected chi connectivity index (χ3v) is 2.89. The summed E-state index contributed by atoms with van der Waals surface area (Å²) in [5, 5.41) is 4.91. The summed E-state index contributed by atoms with van der Waals surface area (Å²) in [6, 6.07) is 1.75. The van der Waals surface area contributed by atoms with E-state index in [1.165, 1.54) is 11.3 Å². The van der Waals surface area contributed by atoms with Crippen LogP contribution in [-0.4, -0.2) is 26.6 Å². The van der Waals surface area contributed by atoms with E-state index in [4.69, 9.17) is 4.74 Å². The predicted octanol–water partition coefficient (Wildman–Crippen LogP) is 3.45. The molecule has 2 heterocycles. The van der Waals surface area contributed by atoms with E-state index < -0.39 is 11.7 Å². The highest BCUT2D eigenvalue weighted by atomic mass is 32.1. The average molecular weight is 304 g/mol. The number of carbonyl (C=O) groups is 1. The van der Waals surface area contributed by atoms with Crippen molar-refractivity contribution in [3.63, 3.8) is 0 Å². The van der Waals surface area contributed by atoms with Gasteiger partial charge in [-0.2, -0.15) is 0 Å². The quantitative estimate of drug-likeness (QED) is 0.939. The van der Waals surface area contributed by atoms with E-state index in [9.17, 15) is 4.79 Å². The lowest BCUT2D eigenvalue weighted by Crippen LogP contribution is -2.27. The molecule has 1 N–H and O–H groups in total. The third-order valence-electron chi connectivity index (χ3n) is 2.12. The number of hydrogen-bond donors (Lipinski definition) is 1. The Labute approximate surface area is 126 Å². The summed E-state index contributed by atoms with van der Waals surface area (Å²) in [7, 11) is 0. The number of rotatable bonds is 3. The minimum atomic E-state index is -0.533. The summed E-state index contributed by atoms with van der Waals surface area (Å²) < 4.78 is 5.16. The molecule has 110 valence electrons. The molecule has 0 spiro atoms. The molecule has 0 radical (unpaired) electrons. The number of anilines is 1. The van der Waals surface area contributed by atoms with Crippen molar-refractivity contribution in [1.82, 2.24) is 15.0 Å². The fourth-order valence-corrected chi connectivity index (χ4v) is 2.03. The molecule has 6 nitrogen and oxygen atoms in total. The Morgan fingerprint density at radius 3 is 2.67 bits per heavy atom. The Morgan fingerprint density at radius 1 is 1.29 bits per heavy atom. The Morgan fingerprint density at radius 2 is 2.00 bits per heavy atom. The van der Waals surface area contributed by atoms with Gasteiger partial charge in [0.1, 0.15) is 5.60 Å². The average Bonchev–Trinajstić information content (AvgIpc) is 2.83. The number of hydrogen-bond acceptors (Lipinski definition) is 6. The van der Waals surface area contributed by atoms with Gasteiger partial charge in [-0.3, -0.25) is 5.32 Å². The Balaban J connectivity index is 1.96. The highest BCUT2D eigenvalue weighted by molar-refractivity contribution is 7.14. The van der Waals surface area contributed by atoms with Gasteiger partial charge in [-0.15, -0.1) is 11.3 Å². The van der Waals surface area contributed by atoms with Gasteiger partial charge in [0.05, 0.1) is 5.69 Å². The maximum Gasteiger partial charge on any atom is 0.413 e. The molecule has 0 aliphatic rings. The van der Waals surface area contributed by atoms with E-state index in [1.807, 2.05) is 26.2 Å². The van der Waals surface area contributed by atoms with Crippen LogP contribution in [0.5, 0.6) is 0 Å². The van der Waals surface area contributed by atoms with Gasteiger partial charge in [0.2, 0.25) is 0 Å². The first-order valence-electron chi connectivity index (χ1n) is 6.33. The lowest BCUT2D eigenvalue weighted by molar-refractivity contribution is 0.0636. The molecule has 2 aromatic heterocycles. The van der Waals surface area contributed by atoms with Crippen molar-refractivity contribution in [1.29, 1.82) is 0 Å². The molecule has 0 aliphatic heterocycles. The summed E-state index contributed by atoms with van der Waals surface area (Å²) in [4.78, 5) is 24.0. The molecule has 0 saturated heterocycles. The van der Waals surface area contributed by atoms with Gasteiger partial charge in [0.15, 0.2) is 11.0 Å². The number of aromatic nitrogens is 3. The Hall–Kier alpha value is -2.28. The minimum absolute atomic E-state index is 0.484. The van der Waals surface area contributed by atoms with Crippen LogP contribution in [0.2, 0.25) is 0 Å². The number of amides is 1. The number of carbonyl (C=O) groups excluding carboxylic acids is 1. The predicted molar refractivity (Wildman–Crippen MR) is 82.9 cm³/mol. The molecule has 0 fully saturated rings. The van der Waals surface area contributed by atoms with Gasteiger partial charge in [0.25, 0.3) is 0 Å². The van der Waals surface area contributed by atoms with Crippen LogP contribution in [0.25, 0.3) is 12.2 Å². The number of ether oxygens (including phenoxy) is 1. The topological polar surface area (TPSA) is 77.0 Å². The van der Waals surface area contributed by atoms with Crippen molar-refractivity contribution < 1.29 is 9.53 Å². The van der Waals surface area contributed by atoms with E-state index in [1.54, 1.807) is 30.6 Å². The first-order valence-corrected chi connectivity index (χ1v) is 7.21. The SMILES string of the molecule is CC(C)(C)OC(=O)Nc1nc(C=Cc2ncccn2)cs1. The Bertz CT molecular complexity index is 632. The van der Waals surface area contributed by atoms with Gasteiger partial charge in [-0.25, -0.2) is 19.7 Å². The normalized spacial score (nSPS) is 11.6. The second-order valence-electron chi connectivity index (χ2n) is 5.14. The zero-order valence-corrected chi connectivity index (χ0v) is 12.8. The molecule has 0 aromatic carbocycles. The van der Waals surface area contributed by atoms with E-state index in [-0.39, 0.29) is 0 Å². The van der Waals surface area contributed by atoms with Crippen LogP contribution in [0, 0.1) is 0 Å². The van der Waals surface area contributed by atoms with Crippen LogP contribution in [0.3, 0.4) is 0 Å². The molecular weight excluding hydrogens is 288 g/mol. The van der Waals surface area contributed by atoms with Crippen LogP contribution in [0.15, 0.2) is 23.8 Å². The van der Waals surface area contributed by atoms with Gasteiger partial charge in [-0.1, -0.05) is 0 Å². The fourth-order valence-electron chi connectivity index (χ4n) is 1.37. The molecule has 0 atom stereocenters. The third kappa shape index (κ3) is 5.31. The van der Waals surface area contributed by atoms with E-state index >= 15 is 0 Å². The lowest BCUT2D eigenvalue weighted by atomic mass is 10.2. The summed E-state index contributed by atoms with van der Waals surface area (Å²) in [6.07, 6.45) is 6.36. The maximum absolute atomic E-state index is 11.6. The van der Waals surface area contributed by atoms with Crippen molar-refractivity contribution in [3.8, 4) is 0 Å². The van der Waals surface area contributed by atoms with E-state index in [0.717, 1.165) is 5.69 Å². The highest BCUT2D eigenvalue weighted by Gasteiger charge is 2.16. The van der Waals surface area contributed by atoms with Crippen LogP contribution in [0.1, 0.15) is 32.3 Å². The maximum atomic E-state index is 11.6. The monoisotopic (exact) mass is 304 g/mol. The van der Waals surface area contributed by atoms with Crippen LogP contribution in [0.4, 0.5) is 9.93 Å². The first kappa shape index (κ1) is 15.1. The fraction of sp³-hybridized carbons (Fsp3) is 0.286. The zero-order chi connectivity index (χ0) is 15.3. The van der Waals surface area contributed by atoms with Gasteiger partial charge in [0, 0.05) is 17.8 Å². The van der Waals surface area contributed by atoms with Crippen molar-refractivity contribution in [2.45, 2.75) is 26.4 Å². The van der Waals surface area contributed by atoms with Gasteiger partial charge >= 0.3 is 6.09 Å². The summed E-state index contributed by atoms with van der Waals surface area (Å²) in [5.74, 6) is 0.604. The second-order valence-corrected chi connectivity index (χ2v) is 6.00. The van der Waals surface area contributed by atoms with Crippen molar-refractivity contribution in [2.24, 2.45) is 0 Å². The molecule has 0 unspecified atom stereocenters. The van der Waals surface area contributed by atoms with Crippen molar-refractivity contribution >= 4 is 34.7 Å². The van der Waals surface area contributed by atoms with Crippen molar-refractivity contribution in [3.05, 3.63) is 35.4 Å². The summed E-state index contributed by atoms with van der Waals surface area (Å²) in [6.45, 7) is 5.42. The molecular formula is C14H16N4O2S. The van der Waals surface area contributed by atoms with E-state index in [0.29, 0.717) is 11.0 Å². The lowest BCUT2D eigenvalue weighted by Gasteiger charge is -2.18.